The van der Waals surface area contributed by atoms with E-state index in [4.69, 9.17) is 0 Å². The van der Waals surface area contributed by atoms with Crippen molar-refractivity contribution in [2.24, 2.45) is 0 Å². The number of aromatic nitrogens is 1. The minimum Gasteiger partial charge on any atom is -0.320 e. The van der Waals surface area contributed by atoms with Crippen molar-refractivity contribution in [2.45, 2.75) is 34.2 Å². The van der Waals surface area contributed by atoms with Crippen molar-refractivity contribution in [3.63, 3.8) is 0 Å². The lowest BCUT2D eigenvalue weighted by Crippen LogP contribution is -2.19. The molecule has 0 aliphatic heterocycles. The number of pyridine rings is 1. The number of rotatable bonds is 3. The third kappa shape index (κ3) is 4.06. The number of nitrogens with zero attached hydrogens (tertiary/aromatic N) is 1. The van der Waals surface area contributed by atoms with Crippen molar-refractivity contribution in [1.82, 2.24) is 4.57 Å². The maximum atomic E-state index is 11.9. The number of aryl methyl sites for hydroxylation is 2. The van der Waals surface area contributed by atoms with Gasteiger partial charge in [0, 0.05) is 25.1 Å². The van der Waals surface area contributed by atoms with E-state index in [1.165, 1.54) is 17.4 Å². The Balaban J connectivity index is 0.00000128. The van der Waals surface area contributed by atoms with E-state index in [-0.39, 0.29) is 12.9 Å². The van der Waals surface area contributed by atoms with E-state index in [1.807, 2.05) is 33.8 Å². The molecule has 1 amide bonds. The van der Waals surface area contributed by atoms with Crippen LogP contribution in [0.15, 0.2) is 35.3 Å². The van der Waals surface area contributed by atoms with E-state index >= 15 is 0 Å². The van der Waals surface area contributed by atoms with Gasteiger partial charge in [-0.1, -0.05) is 13.8 Å². The first-order valence-electron chi connectivity index (χ1n) is 6.68. The maximum Gasteiger partial charge on any atom is 0.265 e. The quantitative estimate of drug-likeness (QED) is 0.937. The molecule has 0 saturated carbocycles. The number of amides is 1. The van der Waals surface area contributed by atoms with E-state index in [0.717, 1.165) is 4.88 Å². The molecule has 0 atom stereocenters. The third-order valence-electron chi connectivity index (χ3n) is 2.55. The van der Waals surface area contributed by atoms with Gasteiger partial charge in [0.2, 0.25) is 0 Å². The number of anilines is 1. The van der Waals surface area contributed by atoms with Crippen LogP contribution in [0.4, 0.5) is 5.69 Å². The van der Waals surface area contributed by atoms with Gasteiger partial charge in [-0.15, -0.1) is 11.3 Å². The fourth-order valence-electron chi connectivity index (χ4n) is 1.60. The molecule has 0 unspecified atom stereocenters. The van der Waals surface area contributed by atoms with Gasteiger partial charge in [0.1, 0.15) is 0 Å². The molecule has 2 aromatic heterocycles. The second-order valence-electron chi connectivity index (χ2n) is 3.91. The molecular weight excluding hydrogens is 272 g/mol. The molecule has 2 heterocycles. The molecule has 1 N–H and O–H groups in total. The van der Waals surface area contributed by atoms with Gasteiger partial charge in [0.05, 0.1) is 10.6 Å². The molecule has 0 aliphatic carbocycles. The summed E-state index contributed by atoms with van der Waals surface area (Å²) in [5.41, 5.74) is 0.565. The van der Waals surface area contributed by atoms with Crippen molar-refractivity contribution in [1.29, 1.82) is 0 Å². The Kier molecular flexibility index (Phi) is 6.18. The summed E-state index contributed by atoms with van der Waals surface area (Å²) in [5.74, 6) is -0.144. The summed E-state index contributed by atoms with van der Waals surface area (Å²) in [6, 6.07) is 6.78. The predicted molar refractivity (Wildman–Crippen MR) is 86.8 cm³/mol. The van der Waals surface area contributed by atoms with Gasteiger partial charge in [-0.2, -0.15) is 0 Å². The van der Waals surface area contributed by atoms with Crippen LogP contribution < -0.4 is 10.9 Å². The number of carbonyl (C=O) groups excluding carboxylic acids is 1. The molecule has 2 aromatic rings. The lowest BCUT2D eigenvalue weighted by atomic mass is 10.3. The zero-order chi connectivity index (χ0) is 15.1. The van der Waals surface area contributed by atoms with Gasteiger partial charge in [-0.05, 0) is 32.0 Å². The molecule has 20 heavy (non-hydrogen) atoms. The lowest BCUT2D eigenvalue weighted by Gasteiger charge is -2.06. The van der Waals surface area contributed by atoms with Gasteiger partial charge >= 0.3 is 0 Å². The van der Waals surface area contributed by atoms with Gasteiger partial charge in [0.25, 0.3) is 11.5 Å². The Bertz CT molecular complexity index is 635. The summed E-state index contributed by atoms with van der Waals surface area (Å²) >= 11 is 1.45. The molecule has 0 radical (unpaired) electrons. The van der Waals surface area contributed by atoms with Crippen molar-refractivity contribution in [3.8, 4) is 0 Å². The SMILES string of the molecule is CC.CCn1cc(NC(=O)c2ccc(C)s2)ccc1=O.[HH]. The average molecular weight is 294 g/mol. The number of hydrogen-bond acceptors (Lipinski definition) is 3. The van der Waals surface area contributed by atoms with Gasteiger partial charge in [0.15, 0.2) is 0 Å². The molecule has 0 bridgehead atoms. The summed E-state index contributed by atoms with van der Waals surface area (Å²) in [4.78, 5) is 25.1. The Morgan fingerprint density at radius 1 is 1.30 bits per heavy atom. The second-order valence-corrected chi connectivity index (χ2v) is 5.19. The highest BCUT2D eigenvalue weighted by Gasteiger charge is 2.08. The van der Waals surface area contributed by atoms with Crippen LogP contribution in [0.1, 0.15) is 36.7 Å². The van der Waals surface area contributed by atoms with Crippen molar-refractivity contribution in [3.05, 3.63) is 50.6 Å². The number of thiophene rings is 1. The molecule has 110 valence electrons. The normalized spacial score (nSPS) is 9.60. The van der Waals surface area contributed by atoms with Crippen LogP contribution in [0.5, 0.6) is 0 Å². The topological polar surface area (TPSA) is 51.1 Å². The minimum atomic E-state index is -0.144. The monoisotopic (exact) mass is 294 g/mol. The predicted octanol–water partition coefficient (Wildman–Crippen LogP) is 3.76. The van der Waals surface area contributed by atoms with Crippen molar-refractivity contribution >= 4 is 22.9 Å². The Hall–Kier alpha value is -1.88. The van der Waals surface area contributed by atoms with Crippen LogP contribution in [0, 0.1) is 6.92 Å². The highest BCUT2D eigenvalue weighted by Crippen LogP contribution is 2.16. The molecular formula is C15H22N2O2S. The fourth-order valence-corrected chi connectivity index (χ4v) is 2.36. The Morgan fingerprint density at radius 3 is 2.55 bits per heavy atom. The van der Waals surface area contributed by atoms with E-state index in [1.54, 1.807) is 22.9 Å². The zero-order valence-corrected chi connectivity index (χ0v) is 13.1. The van der Waals surface area contributed by atoms with Gasteiger partial charge in [-0.25, -0.2) is 0 Å². The standard InChI is InChI=1S/C13H14N2O2S.C2H6.H2/c1-3-15-8-10(5-7-12(15)16)14-13(17)11-6-4-9(2)18-11;1-2;/h4-8H,3H2,1-2H3,(H,14,17);1-2H3;1H. The van der Waals surface area contributed by atoms with Crippen LogP contribution in [-0.2, 0) is 6.54 Å². The number of carbonyl (C=O) groups is 1. The summed E-state index contributed by atoms with van der Waals surface area (Å²) in [5, 5.41) is 2.79. The molecule has 5 heteroatoms. The summed E-state index contributed by atoms with van der Waals surface area (Å²) < 4.78 is 1.55. The van der Waals surface area contributed by atoms with E-state index < -0.39 is 0 Å². The maximum absolute atomic E-state index is 11.9. The molecule has 4 nitrogen and oxygen atoms in total. The third-order valence-corrected chi connectivity index (χ3v) is 3.55. The van der Waals surface area contributed by atoms with Crippen molar-refractivity contribution < 1.29 is 6.22 Å². The van der Waals surface area contributed by atoms with Crippen LogP contribution >= 0.6 is 11.3 Å². The highest BCUT2D eigenvalue weighted by atomic mass is 32.1. The lowest BCUT2D eigenvalue weighted by molar-refractivity contribution is 0.103. The fraction of sp³-hybridized carbons (Fsp3) is 0.333. The summed E-state index contributed by atoms with van der Waals surface area (Å²) in [6.45, 7) is 8.43. The zero-order valence-electron chi connectivity index (χ0n) is 12.3. The molecule has 0 aromatic carbocycles. The first-order valence-corrected chi connectivity index (χ1v) is 7.50. The summed E-state index contributed by atoms with van der Waals surface area (Å²) in [6.07, 6.45) is 1.65. The minimum absolute atomic E-state index is 0. The Labute approximate surface area is 124 Å². The molecule has 0 aliphatic rings. The van der Waals surface area contributed by atoms with Crippen molar-refractivity contribution in [2.75, 3.05) is 5.32 Å². The van der Waals surface area contributed by atoms with E-state index in [2.05, 4.69) is 5.32 Å². The van der Waals surface area contributed by atoms with Crippen LogP contribution in [0.3, 0.4) is 0 Å². The number of nitrogens with one attached hydrogen (secondary N) is 1. The molecule has 2 rings (SSSR count). The second kappa shape index (κ2) is 7.65. The van der Waals surface area contributed by atoms with E-state index in [0.29, 0.717) is 17.1 Å². The number of hydrogen-bond donors (Lipinski definition) is 1. The van der Waals surface area contributed by atoms with Crippen LogP contribution in [0.25, 0.3) is 0 Å². The highest BCUT2D eigenvalue weighted by molar-refractivity contribution is 7.14. The molecule has 0 fully saturated rings. The van der Waals surface area contributed by atoms with Crippen LogP contribution in [-0.4, -0.2) is 10.5 Å². The molecule has 0 spiro atoms. The molecule has 0 saturated heterocycles. The Morgan fingerprint density at radius 2 is 2.00 bits per heavy atom. The van der Waals surface area contributed by atoms with Gasteiger partial charge in [-0.3, -0.25) is 9.59 Å². The average Bonchev–Trinajstić information content (AvgIpc) is 2.90. The largest absolute Gasteiger partial charge is 0.320 e. The van der Waals surface area contributed by atoms with Gasteiger partial charge < -0.3 is 9.88 Å². The van der Waals surface area contributed by atoms with E-state index in [9.17, 15) is 9.59 Å². The summed E-state index contributed by atoms with van der Waals surface area (Å²) in [7, 11) is 0. The smallest absolute Gasteiger partial charge is 0.265 e. The first kappa shape index (κ1) is 16.2. The first-order chi connectivity index (χ1) is 9.60. The van der Waals surface area contributed by atoms with Crippen LogP contribution in [0.2, 0.25) is 0 Å².